The summed E-state index contributed by atoms with van der Waals surface area (Å²) in [6.45, 7) is 2.61. The molecule has 3 aliphatic rings. The Kier molecular flexibility index (Phi) is 5.41. The van der Waals surface area contributed by atoms with Gasteiger partial charge in [-0.25, -0.2) is 0 Å². The molecule has 3 heterocycles. The van der Waals surface area contributed by atoms with E-state index in [1.165, 1.54) is 0 Å². The molecule has 0 radical (unpaired) electrons. The van der Waals surface area contributed by atoms with Crippen molar-refractivity contribution < 1.29 is 19.1 Å². The maximum atomic E-state index is 12.8. The number of piperidine rings is 1. The van der Waals surface area contributed by atoms with Gasteiger partial charge in [0.25, 0.3) is 5.91 Å². The Morgan fingerprint density at radius 1 is 1.26 bits per heavy atom. The lowest BCUT2D eigenvalue weighted by atomic mass is 9.67. The summed E-state index contributed by atoms with van der Waals surface area (Å²) in [4.78, 5) is 31.1. The van der Waals surface area contributed by atoms with Crippen molar-refractivity contribution in [1.82, 2.24) is 15.2 Å². The standard InChI is InChI=1S/C20H27N3O4/c1-26-12-16-17(15-6-11-27-18(15)16)22-19(24)13-4-9-23(10-5-13)20(25)14-2-7-21-8-3-14/h2-3,7-8,13,15-18H,4-6,9-12H2,1H3,(H,22,24)/t15-,16+,17+,18-/m0/s1. The van der Waals surface area contributed by atoms with Gasteiger partial charge in [-0.1, -0.05) is 0 Å². The van der Waals surface area contributed by atoms with Crippen molar-refractivity contribution in [3.05, 3.63) is 30.1 Å². The van der Waals surface area contributed by atoms with Crippen LogP contribution in [-0.2, 0) is 14.3 Å². The number of fused-ring (bicyclic) bond motifs is 1. The molecule has 1 aromatic rings. The Bertz CT molecular complexity index is 675. The Morgan fingerprint density at radius 2 is 2.00 bits per heavy atom. The van der Waals surface area contributed by atoms with Crippen LogP contribution >= 0.6 is 0 Å². The van der Waals surface area contributed by atoms with Crippen molar-refractivity contribution in [1.29, 1.82) is 0 Å². The third-order valence-corrected chi connectivity index (χ3v) is 6.28. The fraction of sp³-hybridized carbons (Fsp3) is 0.650. The molecule has 1 aromatic heterocycles. The van der Waals surface area contributed by atoms with Gasteiger partial charge in [0.05, 0.1) is 12.7 Å². The molecule has 0 unspecified atom stereocenters. The molecule has 1 aliphatic carbocycles. The van der Waals surface area contributed by atoms with Crippen molar-refractivity contribution in [2.75, 3.05) is 33.4 Å². The van der Waals surface area contributed by atoms with Crippen molar-refractivity contribution in [3.8, 4) is 0 Å². The number of aromatic nitrogens is 1. The second-order valence-electron chi connectivity index (χ2n) is 7.74. The summed E-state index contributed by atoms with van der Waals surface area (Å²) >= 11 is 0. The topological polar surface area (TPSA) is 80.8 Å². The van der Waals surface area contributed by atoms with Crippen LogP contribution in [0.5, 0.6) is 0 Å². The molecule has 4 atom stereocenters. The van der Waals surface area contributed by atoms with Gasteiger partial charge in [-0.2, -0.15) is 0 Å². The number of rotatable bonds is 5. The molecule has 7 heteroatoms. The van der Waals surface area contributed by atoms with Gasteiger partial charge in [0.2, 0.25) is 5.91 Å². The number of carbonyl (C=O) groups is 2. The Morgan fingerprint density at radius 3 is 2.70 bits per heavy atom. The number of carbonyl (C=O) groups excluding carboxylic acids is 2. The van der Waals surface area contributed by atoms with Gasteiger partial charge in [-0.3, -0.25) is 14.6 Å². The summed E-state index contributed by atoms with van der Waals surface area (Å²) in [6.07, 6.45) is 5.90. The van der Waals surface area contributed by atoms with E-state index in [0.717, 1.165) is 13.0 Å². The van der Waals surface area contributed by atoms with Crippen molar-refractivity contribution in [2.45, 2.75) is 31.4 Å². The number of likely N-dealkylation sites (tertiary alicyclic amines) is 1. The van der Waals surface area contributed by atoms with Crippen LogP contribution in [0.25, 0.3) is 0 Å². The summed E-state index contributed by atoms with van der Waals surface area (Å²) in [5.74, 6) is 0.766. The zero-order chi connectivity index (χ0) is 18.8. The summed E-state index contributed by atoms with van der Waals surface area (Å²) in [6, 6.07) is 3.61. The van der Waals surface area contributed by atoms with E-state index in [0.29, 0.717) is 44.0 Å². The molecule has 27 heavy (non-hydrogen) atoms. The molecule has 7 nitrogen and oxygen atoms in total. The SMILES string of the molecule is COC[C@@H]1[C@H](NC(=O)C2CCN(C(=O)c3ccncc3)CC2)[C@@H]2CCO[C@H]12. The third-order valence-electron chi connectivity index (χ3n) is 6.28. The van der Waals surface area contributed by atoms with Crippen molar-refractivity contribution in [3.63, 3.8) is 0 Å². The molecule has 4 rings (SSSR count). The Balaban J connectivity index is 1.29. The predicted molar refractivity (Wildman–Crippen MR) is 98.0 cm³/mol. The summed E-state index contributed by atoms with van der Waals surface area (Å²) in [5, 5.41) is 3.26. The largest absolute Gasteiger partial charge is 0.384 e. The number of ether oxygens (including phenoxy) is 2. The molecule has 1 saturated carbocycles. The van der Waals surface area contributed by atoms with Crippen LogP contribution < -0.4 is 5.32 Å². The fourth-order valence-electron chi connectivity index (χ4n) is 4.74. The molecular formula is C20H27N3O4. The van der Waals surface area contributed by atoms with E-state index in [1.807, 2.05) is 4.90 Å². The minimum absolute atomic E-state index is 0.0151. The highest BCUT2D eigenvalue weighted by atomic mass is 16.5. The van der Waals surface area contributed by atoms with E-state index in [-0.39, 0.29) is 35.8 Å². The van der Waals surface area contributed by atoms with Gasteiger partial charge < -0.3 is 19.7 Å². The molecular weight excluding hydrogens is 346 g/mol. The highest BCUT2D eigenvalue weighted by Crippen LogP contribution is 2.44. The number of methoxy groups -OCH3 is 1. The van der Waals surface area contributed by atoms with Crippen LogP contribution in [0.1, 0.15) is 29.6 Å². The summed E-state index contributed by atoms with van der Waals surface area (Å²) in [7, 11) is 1.69. The zero-order valence-electron chi connectivity index (χ0n) is 15.7. The summed E-state index contributed by atoms with van der Waals surface area (Å²) in [5.41, 5.74) is 0.650. The van der Waals surface area contributed by atoms with E-state index in [2.05, 4.69) is 10.3 Å². The van der Waals surface area contributed by atoms with Crippen LogP contribution in [-0.4, -0.2) is 67.3 Å². The second-order valence-corrected chi connectivity index (χ2v) is 7.74. The van der Waals surface area contributed by atoms with Gasteiger partial charge in [-0.05, 0) is 31.4 Å². The first-order chi connectivity index (χ1) is 13.2. The fourth-order valence-corrected chi connectivity index (χ4v) is 4.74. The van der Waals surface area contributed by atoms with Crippen LogP contribution in [0.3, 0.4) is 0 Å². The summed E-state index contributed by atoms with van der Waals surface area (Å²) < 4.78 is 11.1. The molecule has 2 amide bonds. The average molecular weight is 373 g/mol. The number of nitrogens with one attached hydrogen (secondary N) is 1. The molecule has 0 spiro atoms. The predicted octanol–water partition coefficient (Wildman–Crippen LogP) is 1.10. The van der Waals surface area contributed by atoms with Gasteiger partial charge in [0.15, 0.2) is 0 Å². The second kappa shape index (κ2) is 7.94. The molecule has 0 bridgehead atoms. The van der Waals surface area contributed by atoms with E-state index in [9.17, 15) is 9.59 Å². The monoisotopic (exact) mass is 373 g/mol. The minimum Gasteiger partial charge on any atom is -0.384 e. The van der Waals surface area contributed by atoms with Crippen LogP contribution in [0.2, 0.25) is 0 Å². The number of nitrogens with zero attached hydrogens (tertiary/aromatic N) is 2. The minimum atomic E-state index is -0.0314. The highest BCUT2D eigenvalue weighted by molar-refractivity contribution is 5.94. The molecule has 146 valence electrons. The van der Waals surface area contributed by atoms with Crippen molar-refractivity contribution in [2.24, 2.45) is 17.8 Å². The van der Waals surface area contributed by atoms with Gasteiger partial charge in [0.1, 0.15) is 0 Å². The normalized spacial score (nSPS) is 30.5. The van der Waals surface area contributed by atoms with Crippen molar-refractivity contribution >= 4 is 11.8 Å². The Hall–Kier alpha value is -1.99. The van der Waals surface area contributed by atoms with Crippen LogP contribution in [0, 0.1) is 17.8 Å². The third kappa shape index (κ3) is 3.58. The maximum Gasteiger partial charge on any atom is 0.253 e. The number of hydrogen-bond donors (Lipinski definition) is 1. The van der Waals surface area contributed by atoms with E-state index in [1.54, 1.807) is 31.6 Å². The molecule has 0 aromatic carbocycles. The highest BCUT2D eigenvalue weighted by Gasteiger charge is 2.54. The van der Waals surface area contributed by atoms with Crippen LogP contribution in [0.15, 0.2) is 24.5 Å². The molecule has 2 aliphatic heterocycles. The zero-order valence-corrected chi connectivity index (χ0v) is 15.7. The van der Waals surface area contributed by atoms with E-state index < -0.39 is 0 Å². The number of hydrogen-bond acceptors (Lipinski definition) is 5. The van der Waals surface area contributed by atoms with Crippen LogP contribution in [0.4, 0.5) is 0 Å². The first-order valence-electron chi connectivity index (χ1n) is 9.79. The Labute approximate surface area is 159 Å². The quantitative estimate of drug-likeness (QED) is 0.836. The first-order valence-corrected chi connectivity index (χ1v) is 9.79. The van der Waals surface area contributed by atoms with Gasteiger partial charge in [-0.15, -0.1) is 0 Å². The first kappa shape index (κ1) is 18.4. The molecule has 1 N–H and O–H groups in total. The lowest BCUT2D eigenvalue weighted by molar-refractivity contribution is -0.134. The molecule has 2 saturated heterocycles. The molecule has 3 fully saturated rings. The number of pyridine rings is 1. The smallest absolute Gasteiger partial charge is 0.253 e. The maximum absolute atomic E-state index is 12.8. The lowest BCUT2D eigenvalue weighted by Gasteiger charge is -2.48. The average Bonchev–Trinajstić information content (AvgIpc) is 3.15. The number of amides is 2. The van der Waals surface area contributed by atoms with Gasteiger partial charge >= 0.3 is 0 Å². The van der Waals surface area contributed by atoms with E-state index >= 15 is 0 Å². The van der Waals surface area contributed by atoms with Gasteiger partial charge in [0, 0.05) is 68.6 Å². The lowest BCUT2D eigenvalue weighted by Crippen LogP contribution is -2.63. The van der Waals surface area contributed by atoms with E-state index in [4.69, 9.17) is 9.47 Å².